The molecule has 6 nitrogen and oxygen atoms in total. The van der Waals surface area contributed by atoms with Gasteiger partial charge in [-0.15, -0.1) is 0 Å². The monoisotopic (exact) mass is 368 g/mol. The van der Waals surface area contributed by atoms with Gasteiger partial charge in [0, 0.05) is 11.3 Å². The second-order valence-corrected chi connectivity index (χ2v) is 6.12. The van der Waals surface area contributed by atoms with Crippen LogP contribution in [0.1, 0.15) is 29.9 Å². The number of H-pyrrole nitrogens is 1. The van der Waals surface area contributed by atoms with Gasteiger partial charge in [0.05, 0.1) is 11.3 Å². The number of allylic oxidation sites excluding steroid dienone is 4. The lowest BCUT2D eigenvalue weighted by Crippen LogP contribution is -2.10. The van der Waals surface area contributed by atoms with E-state index in [2.05, 4.69) is 16.8 Å². The Morgan fingerprint density at radius 2 is 1.89 bits per heavy atom. The van der Waals surface area contributed by atoms with Gasteiger partial charge in [0.1, 0.15) is 19.0 Å². The maximum Gasteiger partial charge on any atom is 0.335 e. The molecule has 1 aromatic heterocycles. The average molecular weight is 368 g/mol. The summed E-state index contributed by atoms with van der Waals surface area (Å²) >= 11 is 0. The Morgan fingerprint density at radius 3 is 2.41 bits per heavy atom. The van der Waals surface area contributed by atoms with Gasteiger partial charge in [0.25, 0.3) is 0 Å². The van der Waals surface area contributed by atoms with Gasteiger partial charge in [-0.1, -0.05) is 30.4 Å². The maximum absolute atomic E-state index is 10.6. The van der Waals surface area contributed by atoms with Crippen LogP contribution in [0.15, 0.2) is 66.2 Å². The number of aryl methyl sites for hydroxylation is 1. The number of carboxylic acid groups (broad SMARTS) is 1. The van der Waals surface area contributed by atoms with Crippen molar-refractivity contribution in [3.05, 3.63) is 77.4 Å². The molecular weight excluding hydrogens is 344 g/mol. The predicted molar refractivity (Wildman–Crippen MR) is 104 cm³/mol. The van der Waals surface area contributed by atoms with Crippen molar-refractivity contribution in [1.29, 1.82) is 0 Å². The minimum absolute atomic E-state index is 0.283. The van der Waals surface area contributed by atoms with E-state index in [0.29, 0.717) is 13.2 Å². The zero-order chi connectivity index (χ0) is 19.8. The van der Waals surface area contributed by atoms with Crippen molar-refractivity contribution in [1.82, 2.24) is 10.2 Å². The molecule has 1 aliphatic heterocycles. The van der Waals surface area contributed by atoms with Crippen LogP contribution < -0.4 is 0 Å². The molecule has 0 atom stereocenters. The molecule has 3 rings (SSSR count). The van der Waals surface area contributed by atoms with Crippen molar-refractivity contribution in [2.24, 2.45) is 0 Å². The van der Waals surface area contributed by atoms with E-state index in [1.807, 2.05) is 39.0 Å². The number of aromatic nitrogens is 2. The summed E-state index contributed by atoms with van der Waals surface area (Å²) in [6, 6.07) is 8.55. The Kier molecular flexibility index (Phi) is 7.00. The summed E-state index contributed by atoms with van der Waals surface area (Å²) in [6.07, 6.45) is 3.80. The molecule has 2 N–H and O–H groups in total. The number of nitrogens with one attached hydrogen (secondary N) is 1. The normalized spacial score (nSPS) is 13.4. The third-order valence-corrected chi connectivity index (χ3v) is 3.66. The number of carbonyl (C=O) groups is 1. The third-order valence-electron chi connectivity index (χ3n) is 3.66. The van der Waals surface area contributed by atoms with Gasteiger partial charge in [-0.05, 0) is 45.0 Å². The van der Waals surface area contributed by atoms with Crippen LogP contribution >= 0.6 is 0 Å². The van der Waals surface area contributed by atoms with Crippen molar-refractivity contribution < 1.29 is 19.4 Å². The predicted octanol–water partition coefficient (Wildman–Crippen LogP) is 4.48. The Morgan fingerprint density at radius 1 is 1.22 bits per heavy atom. The largest absolute Gasteiger partial charge is 0.491 e. The van der Waals surface area contributed by atoms with Crippen molar-refractivity contribution in [3.63, 3.8) is 0 Å². The van der Waals surface area contributed by atoms with E-state index in [1.54, 1.807) is 24.3 Å². The molecule has 27 heavy (non-hydrogen) atoms. The van der Waals surface area contributed by atoms with E-state index < -0.39 is 5.97 Å². The first-order valence-corrected chi connectivity index (χ1v) is 8.52. The van der Waals surface area contributed by atoms with E-state index in [9.17, 15) is 4.79 Å². The van der Waals surface area contributed by atoms with Crippen LogP contribution in [-0.4, -0.2) is 34.5 Å². The summed E-state index contributed by atoms with van der Waals surface area (Å²) in [5, 5.41) is 15.7. The van der Waals surface area contributed by atoms with Crippen LogP contribution in [0, 0.1) is 6.92 Å². The summed E-state index contributed by atoms with van der Waals surface area (Å²) < 4.78 is 10.7. The Bertz CT molecular complexity index is 861. The fourth-order valence-electron chi connectivity index (χ4n) is 2.25. The first-order valence-electron chi connectivity index (χ1n) is 8.52. The molecule has 0 saturated heterocycles. The van der Waals surface area contributed by atoms with Crippen LogP contribution in [0.25, 0.3) is 11.3 Å². The maximum atomic E-state index is 10.6. The van der Waals surface area contributed by atoms with Gasteiger partial charge in [-0.3, -0.25) is 5.10 Å². The molecule has 0 amide bonds. The average Bonchev–Trinajstić information content (AvgIpc) is 3.08. The lowest BCUT2D eigenvalue weighted by atomic mass is 10.1. The topological polar surface area (TPSA) is 84.4 Å². The molecule has 2 heterocycles. The number of hydrogen-bond acceptors (Lipinski definition) is 4. The van der Waals surface area contributed by atoms with E-state index >= 15 is 0 Å². The number of rotatable bonds is 4. The van der Waals surface area contributed by atoms with E-state index in [4.69, 9.17) is 14.6 Å². The first-order chi connectivity index (χ1) is 12.9. The van der Waals surface area contributed by atoms with Gasteiger partial charge in [-0.25, -0.2) is 4.79 Å². The van der Waals surface area contributed by atoms with Crippen LogP contribution in [0.5, 0.6) is 0 Å². The molecule has 0 spiro atoms. The molecule has 6 heteroatoms. The fourth-order valence-corrected chi connectivity index (χ4v) is 2.25. The highest BCUT2D eigenvalue weighted by Gasteiger charge is 2.07. The highest BCUT2D eigenvalue weighted by molar-refractivity contribution is 5.88. The minimum Gasteiger partial charge on any atom is -0.491 e. The van der Waals surface area contributed by atoms with Crippen molar-refractivity contribution in [2.45, 2.75) is 20.8 Å². The van der Waals surface area contributed by atoms with Gasteiger partial charge >= 0.3 is 5.97 Å². The van der Waals surface area contributed by atoms with Gasteiger partial charge in [-0.2, -0.15) is 5.10 Å². The van der Waals surface area contributed by atoms with Gasteiger partial charge < -0.3 is 14.6 Å². The molecule has 0 radical (unpaired) electrons. The second kappa shape index (κ2) is 9.43. The molecule has 0 saturated carbocycles. The third kappa shape index (κ3) is 6.18. The number of aromatic amines is 1. The Labute approximate surface area is 158 Å². The molecule has 0 unspecified atom stereocenters. The molecule has 1 aromatic carbocycles. The molecule has 0 aliphatic carbocycles. The highest BCUT2D eigenvalue weighted by Crippen LogP contribution is 2.18. The molecule has 2 aromatic rings. The summed E-state index contributed by atoms with van der Waals surface area (Å²) in [4.78, 5) is 10.6. The zero-order valence-electron chi connectivity index (χ0n) is 15.8. The SMILES string of the molecule is C=C(C)/C=C\C1=C(C)OCCO1.Cc1cc(-c2ccc(C(=O)O)cc2)n[nH]1. The molecule has 1 aliphatic rings. The van der Waals surface area contributed by atoms with E-state index in [-0.39, 0.29) is 5.56 Å². The van der Waals surface area contributed by atoms with Crippen LogP contribution in [0.3, 0.4) is 0 Å². The first kappa shape index (κ1) is 20.0. The molecule has 0 bridgehead atoms. The zero-order valence-corrected chi connectivity index (χ0v) is 15.8. The number of carboxylic acids is 1. The van der Waals surface area contributed by atoms with Crippen molar-refractivity contribution >= 4 is 5.97 Å². The quantitative estimate of drug-likeness (QED) is 0.777. The number of nitrogens with zero attached hydrogens (tertiary/aromatic N) is 1. The van der Waals surface area contributed by atoms with E-state index in [0.717, 1.165) is 34.0 Å². The number of aromatic carboxylic acids is 1. The number of benzene rings is 1. The second-order valence-electron chi connectivity index (χ2n) is 6.12. The fraction of sp³-hybridized carbons (Fsp3) is 0.238. The van der Waals surface area contributed by atoms with Crippen LogP contribution in [0.2, 0.25) is 0 Å². The summed E-state index contributed by atoms with van der Waals surface area (Å²) in [6.45, 7) is 10.8. The van der Waals surface area contributed by atoms with E-state index in [1.165, 1.54) is 0 Å². The van der Waals surface area contributed by atoms with Crippen LogP contribution in [0.4, 0.5) is 0 Å². The Hall–Kier alpha value is -3.28. The summed E-state index contributed by atoms with van der Waals surface area (Å²) in [7, 11) is 0. The van der Waals surface area contributed by atoms with Crippen molar-refractivity contribution in [2.75, 3.05) is 13.2 Å². The smallest absolute Gasteiger partial charge is 0.335 e. The molecule has 0 fully saturated rings. The number of ether oxygens (including phenoxy) is 2. The Balaban J connectivity index is 0.000000199. The molecular formula is C21H24N2O4. The summed E-state index contributed by atoms with van der Waals surface area (Å²) in [5.41, 5.74) is 4.00. The number of hydrogen-bond donors (Lipinski definition) is 2. The van der Waals surface area contributed by atoms with Gasteiger partial charge in [0.2, 0.25) is 0 Å². The van der Waals surface area contributed by atoms with Crippen molar-refractivity contribution in [3.8, 4) is 11.3 Å². The standard InChI is InChI=1S/C11H10N2O2.C10H14O2/c1-7-6-10(13-12-7)8-2-4-9(5-3-8)11(14)15;1-8(2)4-5-10-9(3)11-6-7-12-10/h2-6H,1H3,(H,12,13)(H,14,15);4-5H,1,6-7H2,2-3H3/b;5-4-. The highest BCUT2D eigenvalue weighted by atomic mass is 16.6. The minimum atomic E-state index is -0.917. The molecule has 142 valence electrons. The van der Waals surface area contributed by atoms with Crippen LogP contribution in [-0.2, 0) is 9.47 Å². The summed E-state index contributed by atoms with van der Waals surface area (Å²) in [5.74, 6) is 0.739. The lowest BCUT2D eigenvalue weighted by molar-refractivity contribution is 0.0697. The lowest BCUT2D eigenvalue weighted by Gasteiger charge is -2.17. The van der Waals surface area contributed by atoms with Gasteiger partial charge in [0.15, 0.2) is 5.76 Å².